The van der Waals surface area contributed by atoms with Crippen molar-refractivity contribution in [3.05, 3.63) is 51.4 Å². The summed E-state index contributed by atoms with van der Waals surface area (Å²) in [6.45, 7) is 0.313. The second kappa shape index (κ2) is 5.54. The minimum absolute atomic E-state index is 0.0931. The van der Waals surface area contributed by atoms with Crippen LogP contribution < -0.4 is 4.74 Å². The molecular formula is C11H7Cl3N2O. The van der Waals surface area contributed by atoms with Gasteiger partial charge in [-0.15, -0.1) is 0 Å². The summed E-state index contributed by atoms with van der Waals surface area (Å²) in [5.41, 5.74) is 0.920. The molecule has 3 nitrogen and oxygen atoms in total. The van der Waals surface area contributed by atoms with Gasteiger partial charge in [0, 0.05) is 5.02 Å². The van der Waals surface area contributed by atoms with Gasteiger partial charge in [-0.2, -0.15) is 4.98 Å². The number of hydrogen-bond donors (Lipinski definition) is 0. The van der Waals surface area contributed by atoms with Crippen LogP contribution in [-0.4, -0.2) is 9.97 Å². The maximum atomic E-state index is 5.86. The lowest BCUT2D eigenvalue weighted by Gasteiger charge is -2.06. The fourth-order valence-electron chi connectivity index (χ4n) is 1.21. The van der Waals surface area contributed by atoms with Gasteiger partial charge in [-0.25, -0.2) is 4.98 Å². The number of hydrogen-bond acceptors (Lipinski definition) is 3. The lowest BCUT2D eigenvalue weighted by Crippen LogP contribution is -1.98. The minimum Gasteiger partial charge on any atom is -0.472 e. The zero-order valence-electron chi connectivity index (χ0n) is 8.53. The minimum atomic E-state index is 0.0931. The Labute approximate surface area is 113 Å². The normalized spacial score (nSPS) is 10.3. The van der Waals surface area contributed by atoms with Gasteiger partial charge >= 0.3 is 0 Å². The number of ether oxygens (including phenoxy) is 1. The molecule has 1 heterocycles. The molecule has 2 rings (SSSR count). The van der Waals surface area contributed by atoms with Crippen LogP contribution in [-0.2, 0) is 6.61 Å². The van der Waals surface area contributed by atoms with E-state index in [9.17, 15) is 0 Å². The Morgan fingerprint density at radius 2 is 2.00 bits per heavy atom. The standard InChI is InChI=1S/C11H7Cl3N2O/c12-8-3-1-2-7(4-8)6-17-10-9(13)5-15-11(14)16-10/h1-5H,6H2. The molecular weight excluding hydrogens is 282 g/mol. The lowest BCUT2D eigenvalue weighted by atomic mass is 10.2. The summed E-state index contributed by atoms with van der Waals surface area (Å²) >= 11 is 17.4. The molecule has 0 saturated heterocycles. The van der Waals surface area contributed by atoms with E-state index < -0.39 is 0 Å². The summed E-state index contributed by atoms with van der Waals surface area (Å²) in [6.07, 6.45) is 1.39. The summed E-state index contributed by atoms with van der Waals surface area (Å²) in [5, 5.41) is 1.06. The van der Waals surface area contributed by atoms with Gasteiger partial charge in [0.25, 0.3) is 0 Å². The van der Waals surface area contributed by atoms with Crippen LogP contribution in [0.3, 0.4) is 0 Å². The molecule has 0 unspecified atom stereocenters. The molecule has 0 atom stereocenters. The molecule has 6 heteroatoms. The number of nitrogens with zero attached hydrogens (tertiary/aromatic N) is 2. The molecule has 17 heavy (non-hydrogen) atoms. The summed E-state index contributed by atoms with van der Waals surface area (Å²) < 4.78 is 5.43. The second-order valence-corrected chi connectivity index (χ2v) is 4.39. The quantitative estimate of drug-likeness (QED) is 0.801. The van der Waals surface area contributed by atoms with E-state index in [0.717, 1.165) is 5.56 Å². The van der Waals surface area contributed by atoms with E-state index in [1.54, 1.807) is 12.1 Å². The summed E-state index contributed by atoms with van der Waals surface area (Å²) in [6, 6.07) is 7.33. The van der Waals surface area contributed by atoms with E-state index in [1.165, 1.54) is 6.20 Å². The third-order valence-corrected chi connectivity index (χ3v) is 2.62. The van der Waals surface area contributed by atoms with Crippen LogP contribution in [0.1, 0.15) is 5.56 Å². The molecule has 0 saturated carbocycles. The maximum Gasteiger partial charge on any atom is 0.237 e. The van der Waals surface area contributed by atoms with Crippen LogP contribution in [0.25, 0.3) is 0 Å². The first-order chi connectivity index (χ1) is 8.15. The van der Waals surface area contributed by atoms with Crippen LogP contribution in [0.15, 0.2) is 30.5 Å². The van der Waals surface area contributed by atoms with E-state index in [1.807, 2.05) is 12.1 Å². The number of benzene rings is 1. The molecule has 0 bridgehead atoms. The van der Waals surface area contributed by atoms with E-state index in [4.69, 9.17) is 39.5 Å². The molecule has 0 radical (unpaired) electrons. The summed E-state index contributed by atoms with van der Waals surface area (Å²) in [4.78, 5) is 7.61. The van der Waals surface area contributed by atoms with Crippen molar-refractivity contribution >= 4 is 34.8 Å². The Balaban J connectivity index is 2.09. The highest BCUT2D eigenvalue weighted by molar-refractivity contribution is 6.32. The van der Waals surface area contributed by atoms with Gasteiger partial charge in [0.05, 0.1) is 6.20 Å². The van der Waals surface area contributed by atoms with E-state index in [2.05, 4.69) is 9.97 Å². The topological polar surface area (TPSA) is 35.0 Å². The van der Waals surface area contributed by atoms with Crippen molar-refractivity contribution in [2.45, 2.75) is 6.61 Å². The van der Waals surface area contributed by atoms with E-state index in [-0.39, 0.29) is 11.2 Å². The monoisotopic (exact) mass is 288 g/mol. The molecule has 0 amide bonds. The fourth-order valence-corrected chi connectivity index (χ4v) is 1.69. The SMILES string of the molecule is Clc1cccc(COc2nc(Cl)ncc2Cl)c1. The molecule has 2 aromatic rings. The first-order valence-corrected chi connectivity index (χ1v) is 5.84. The first kappa shape index (κ1) is 12.4. The van der Waals surface area contributed by atoms with Crippen molar-refractivity contribution in [2.24, 2.45) is 0 Å². The molecule has 0 spiro atoms. The summed E-state index contributed by atoms with van der Waals surface area (Å²) in [5.74, 6) is 0.256. The van der Waals surface area contributed by atoms with Crippen LogP contribution in [0.5, 0.6) is 5.88 Å². The van der Waals surface area contributed by atoms with Gasteiger partial charge in [0.1, 0.15) is 11.6 Å². The van der Waals surface area contributed by atoms with Crippen LogP contribution in [0.4, 0.5) is 0 Å². The van der Waals surface area contributed by atoms with Gasteiger partial charge in [-0.3, -0.25) is 0 Å². The average molecular weight is 290 g/mol. The molecule has 88 valence electrons. The Bertz CT molecular complexity index is 534. The predicted molar refractivity (Wildman–Crippen MR) is 67.8 cm³/mol. The molecule has 0 N–H and O–H groups in total. The predicted octanol–water partition coefficient (Wildman–Crippen LogP) is 4.02. The molecule has 0 aliphatic heterocycles. The number of aromatic nitrogens is 2. The van der Waals surface area contributed by atoms with Crippen molar-refractivity contribution in [3.63, 3.8) is 0 Å². The lowest BCUT2D eigenvalue weighted by molar-refractivity contribution is 0.293. The Morgan fingerprint density at radius 3 is 2.76 bits per heavy atom. The van der Waals surface area contributed by atoms with Gasteiger partial charge < -0.3 is 4.74 Å². The first-order valence-electron chi connectivity index (χ1n) is 4.70. The Kier molecular flexibility index (Phi) is 4.05. The van der Waals surface area contributed by atoms with Crippen molar-refractivity contribution in [1.82, 2.24) is 9.97 Å². The highest BCUT2D eigenvalue weighted by Gasteiger charge is 2.05. The number of rotatable bonds is 3. The highest BCUT2D eigenvalue weighted by Crippen LogP contribution is 2.23. The largest absolute Gasteiger partial charge is 0.472 e. The van der Waals surface area contributed by atoms with Crippen molar-refractivity contribution in [2.75, 3.05) is 0 Å². The van der Waals surface area contributed by atoms with Crippen LogP contribution >= 0.6 is 34.8 Å². The smallest absolute Gasteiger partial charge is 0.237 e. The number of halogens is 3. The van der Waals surface area contributed by atoms with Gasteiger partial charge in [-0.05, 0) is 29.3 Å². The van der Waals surface area contributed by atoms with Crippen LogP contribution in [0.2, 0.25) is 15.3 Å². The third-order valence-electron chi connectivity index (χ3n) is 1.95. The molecule has 0 aliphatic carbocycles. The van der Waals surface area contributed by atoms with Gasteiger partial charge in [0.15, 0.2) is 0 Å². The molecule has 1 aromatic heterocycles. The zero-order chi connectivity index (χ0) is 12.3. The molecule has 1 aromatic carbocycles. The Hall–Kier alpha value is -1.03. The summed E-state index contributed by atoms with van der Waals surface area (Å²) in [7, 11) is 0. The van der Waals surface area contributed by atoms with Crippen molar-refractivity contribution in [1.29, 1.82) is 0 Å². The van der Waals surface area contributed by atoms with Crippen molar-refractivity contribution < 1.29 is 4.74 Å². The van der Waals surface area contributed by atoms with Gasteiger partial charge in [0.2, 0.25) is 11.2 Å². The molecule has 0 fully saturated rings. The van der Waals surface area contributed by atoms with Crippen LogP contribution in [0, 0.1) is 0 Å². The third kappa shape index (κ3) is 3.46. The Morgan fingerprint density at radius 1 is 1.18 bits per heavy atom. The second-order valence-electron chi connectivity index (χ2n) is 3.21. The average Bonchev–Trinajstić information content (AvgIpc) is 2.30. The zero-order valence-corrected chi connectivity index (χ0v) is 10.8. The maximum absolute atomic E-state index is 5.86. The van der Waals surface area contributed by atoms with Gasteiger partial charge in [-0.1, -0.05) is 35.3 Å². The highest BCUT2D eigenvalue weighted by atomic mass is 35.5. The van der Waals surface area contributed by atoms with E-state index in [0.29, 0.717) is 16.7 Å². The molecule has 0 aliphatic rings. The fraction of sp³-hybridized carbons (Fsp3) is 0.0909. The van der Waals surface area contributed by atoms with Crippen molar-refractivity contribution in [3.8, 4) is 5.88 Å². The van der Waals surface area contributed by atoms with E-state index >= 15 is 0 Å².